The number of rotatable bonds is 5. The first-order chi connectivity index (χ1) is 9.51. The summed E-state index contributed by atoms with van der Waals surface area (Å²) in [5.74, 6) is -0.570. The van der Waals surface area contributed by atoms with Gasteiger partial charge in [-0.1, -0.05) is 6.92 Å². The Morgan fingerprint density at radius 3 is 2.70 bits per heavy atom. The number of ether oxygens (including phenoxy) is 1. The van der Waals surface area contributed by atoms with Crippen LogP contribution in [-0.4, -0.2) is 15.6 Å². The summed E-state index contributed by atoms with van der Waals surface area (Å²) < 4.78 is 21.0. The van der Waals surface area contributed by atoms with Crippen LogP contribution in [0.5, 0.6) is 5.75 Å². The van der Waals surface area contributed by atoms with Gasteiger partial charge in [-0.3, -0.25) is 9.48 Å². The second kappa shape index (κ2) is 5.86. The van der Waals surface area contributed by atoms with Crippen molar-refractivity contribution in [3.8, 4) is 5.75 Å². The minimum Gasteiger partial charge on any atom is -0.484 e. The standard InChI is InChI=1S/C15H17FN2O2/c1-4-12-8-13(18(3)17-12)9-20-15-6-5-11(10(2)19)7-14(15)16/h5-8H,4,9H2,1-3H3. The molecule has 0 aliphatic carbocycles. The van der Waals surface area contributed by atoms with Gasteiger partial charge in [0.05, 0.1) is 11.4 Å². The highest BCUT2D eigenvalue weighted by Gasteiger charge is 2.09. The molecule has 0 saturated carbocycles. The van der Waals surface area contributed by atoms with Crippen LogP contribution in [0.2, 0.25) is 0 Å². The molecular weight excluding hydrogens is 259 g/mol. The normalized spacial score (nSPS) is 10.6. The van der Waals surface area contributed by atoms with E-state index in [0.29, 0.717) is 5.56 Å². The summed E-state index contributed by atoms with van der Waals surface area (Å²) in [6.07, 6.45) is 0.843. The van der Waals surface area contributed by atoms with E-state index in [0.717, 1.165) is 17.8 Å². The largest absolute Gasteiger partial charge is 0.484 e. The molecule has 0 bridgehead atoms. The van der Waals surface area contributed by atoms with Gasteiger partial charge < -0.3 is 4.74 Å². The van der Waals surface area contributed by atoms with Crippen molar-refractivity contribution in [1.29, 1.82) is 0 Å². The fourth-order valence-corrected chi connectivity index (χ4v) is 1.87. The van der Waals surface area contributed by atoms with E-state index in [9.17, 15) is 9.18 Å². The molecule has 0 spiro atoms. The third kappa shape index (κ3) is 3.04. The number of ketones is 1. The van der Waals surface area contributed by atoms with Crippen molar-refractivity contribution < 1.29 is 13.9 Å². The smallest absolute Gasteiger partial charge is 0.165 e. The van der Waals surface area contributed by atoms with E-state index in [4.69, 9.17) is 4.74 Å². The van der Waals surface area contributed by atoms with Gasteiger partial charge in [-0.2, -0.15) is 5.10 Å². The van der Waals surface area contributed by atoms with Crippen LogP contribution in [0.4, 0.5) is 4.39 Å². The maximum absolute atomic E-state index is 13.8. The number of aromatic nitrogens is 2. The number of Topliss-reactive ketones (excluding diaryl/α,β-unsaturated/α-hetero) is 1. The predicted octanol–water partition coefficient (Wildman–Crippen LogP) is 2.90. The molecule has 0 saturated heterocycles. The average molecular weight is 276 g/mol. The molecule has 0 amide bonds. The van der Waals surface area contributed by atoms with Crippen LogP contribution < -0.4 is 4.74 Å². The van der Waals surface area contributed by atoms with E-state index in [2.05, 4.69) is 5.10 Å². The Hall–Kier alpha value is -2.17. The third-order valence-electron chi connectivity index (χ3n) is 3.10. The lowest BCUT2D eigenvalue weighted by Crippen LogP contribution is -2.04. The van der Waals surface area contributed by atoms with E-state index < -0.39 is 5.82 Å². The van der Waals surface area contributed by atoms with Crippen molar-refractivity contribution in [2.45, 2.75) is 26.9 Å². The molecule has 2 aromatic rings. The highest BCUT2D eigenvalue weighted by atomic mass is 19.1. The zero-order valence-electron chi connectivity index (χ0n) is 11.8. The Balaban J connectivity index is 2.10. The Bertz CT molecular complexity index is 635. The van der Waals surface area contributed by atoms with E-state index in [1.54, 1.807) is 10.7 Å². The molecule has 0 fully saturated rings. The molecule has 4 nitrogen and oxygen atoms in total. The zero-order valence-corrected chi connectivity index (χ0v) is 11.8. The highest BCUT2D eigenvalue weighted by molar-refractivity contribution is 5.94. The molecule has 1 heterocycles. The molecule has 0 aliphatic rings. The monoisotopic (exact) mass is 276 g/mol. The fraction of sp³-hybridized carbons (Fsp3) is 0.333. The molecule has 0 unspecified atom stereocenters. The predicted molar refractivity (Wildman–Crippen MR) is 73.3 cm³/mol. The van der Waals surface area contributed by atoms with Gasteiger partial charge in [-0.25, -0.2) is 4.39 Å². The second-order valence-corrected chi connectivity index (χ2v) is 4.59. The molecule has 0 atom stereocenters. The number of carbonyl (C=O) groups excluding carboxylic acids is 1. The van der Waals surface area contributed by atoms with Crippen molar-refractivity contribution >= 4 is 5.78 Å². The lowest BCUT2D eigenvalue weighted by Gasteiger charge is -2.08. The average Bonchev–Trinajstić information content (AvgIpc) is 2.78. The summed E-state index contributed by atoms with van der Waals surface area (Å²) in [4.78, 5) is 11.1. The number of carbonyl (C=O) groups is 1. The lowest BCUT2D eigenvalue weighted by atomic mass is 10.1. The number of nitrogens with zero attached hydrogens (tertiary/aromatic N) is 2. The van der Waals surface area contributed by atoms with Crippen LogP contribution >= 0.6 is 0 Å². The molecule has 1 aromatic carbocycles. The first kappa shape index (κ1) is 14.2. The highest BCUT2D eigenvalue weighted by Crippen LogP contribution is 2.20. The van der Waals surface area contributed by atoms with Crippen molar-refractivity contribution in [2.24, 2.45) is 7.05 Å². The van der Waals surface area contributed by atoms with Crippen LogP contribution in [0.25, 0.3) is 0 Å². The van der Waals surface area contributed by atoms with E-state index in [-0.39, 0.29) is 18.1 Å². The van der Waals surface area contributed by atoms with Gasteiger partial charge in [0.25, 0.3) is 0 Å². The topological polar surface area (TPSA) is 44.1 Å². The number of halogens is 1. The first-order valence-corrected chi connectivity index (χ1v) is 6.46. The maximum atomic E-state index is 13.8. The maximum Gasteiger partial charge on any atom is 0.165 e. The molecule has 0 radical (unpaired) electrons. The fourth-order valence-electron chi connectivity index (χ4n) is 1.87. The quantitative estimate of drug-likeness (QED) is 0.789. The van der Waals surface area contributed by atoms with Gasteiger partial charge in [0.2, 0.25) is 0 Å². The van der Waals surface area contributed by atoms with E-state index in [1.165, 1.54) is 19.1 Å². The Morgan fingerprint density at radius 2 is 2.15 bits per heavy atom. The Labute approximate surface area is 117 Å². The molecule has 20 heavy (non-hydrogen) atoms. The molecule has 0 aliphatic heterocycles. The van der Waals surface area contributed by atoms with Gasteiger partial charge in [0.15, 0.2) is 17.3 Å². The first-order valence-electron chi connectivity index (χ1n) is 6.46. The van der Waals surface area contributed by atoms with Crippen molar-refractivity contribution in [3.05, 3.63) is 47.0 Å². The van der Waals surface area contributed by atoms with Gasteiger partial charge in [-0.15, -0.1) is 0 Å². The van der Waals surface area contributed by atoms with Gasteiger partial charge in [-0.05, 0) is 37.6 Å². The summed E-state index contributed by atoms with van der Waals surface area (Å²) in [6, 6.07) is 6.16. The molecule has 2 rings (SSSR count). The minimum atomic E-state index is -0.532. The van der Waals surface area contributed by atoms with Crippen LogP contribution in [0, 0.1) is 5.82 Å². The van der Waals surface area contributed by atoms with Crippen LogP contribution in [0.1, 0.15) is 35.6 Å². The SMILES string of the molecule is CCc1cc(COc2ccc(C(C)=O)cc2F)n(C)n1. The van der Waals surface area contributed by atoms with Crippen LogP contribution in [-0.2, 0) is 20.1 Å². The number of benzene rings is 1. The number of hydrogen-bond acceptors (Lipinski definition) is 3. The lowest BCUT2D eigenvalue weighted by molar-refractivity contribution is 0.101. The van der Waals surface area contributed by atoms with Crippen LogP contribution in [0.3, 0.4) is 0 Å². The Morgan fingerprint density at radius 1 is 1.40 bits per heavy atom. The summed E-state index contributed by atoms with van der Waals surface area (Å²) in [5, 5.41) is 4.30. The van der Waals surface area contributed by atoms with E-state index in [1.807, 2.05) is 20.0 Å². The summed E-state index contributed by atoms with van der Waals surface area (Å²) in [7, 11) is 1.83. The number of hydrogen-bond donors (Lipinski definition) is 0. The molecule has 1 aromatic heterocycles. The third-order valence-corrected chi connectivity index (χ3v) is 3.10. The van der Waals surface area contributed by atoms with Crippen LogP contribution in [0.15, 0.2) is 24.3 Å². The summed E-state index contributed by atoms with van der Waals surface area (Å²) in [6.45, 7) is 3.66. The number of aryl methyl sites for hydroxylation is 2. The van der Waals surface area contributed by atoms with Crippen molar-refractivity contribution in [3.63, 3.8) is 0 Å². The van der Waals surface area contributed by atoms with E-state index >= 15 is 0 Å². The summed E-state index contributed by atoms with van der Waals surface area (Å²) in [5.41, 5.74) is 2.18. The minimum absolute atomic E-state index is 0.134. The molecule has 0 N–H and O–H groups in total. The van der Waals surface area contributed by atoms with Gasteiger partial charge in [0.1, 0.15) is 6.61 Å². The summed E-state index contributed by atoms with van der Waals surface area (Å²) >= 11 is 0. The zero-order chi connectivity index (χ0) is 14.7. The second-order valence-electron chi connectivity index (χ2n) is 4.59. The molecular formula is C15H17FN2O2. The molecule has 5 heteroatoms. The van der Waals surface area contributed by atoms with Gasteiger partial charge in [0, 0.05) is 12.6 Å². The van der Waals surface area contributed by atoms with Crippen molar-refractivity contribution in [2.75, 3.05) is 0 Å². The Kier molecular flexibility index (Phi) is 4.17. The van der Waals surface area contributed by atoms with Gasteiger partial charge >= 0.3 is 0 Å². The molecule has 106 valence electrons. The van der Waals surface area contributed by atoms with Crippen molar-refractivity contribution in [1.82, 2.24) is 9.78 Å².